The molecule has 6 heteroatoms. The monoisotopic (exact) mass is 366 g/mol. The van der Waals surface area contributed by atoms with Crippen molar-refractivity contribution in [3.8, 4) is 17.6 Å². The lowest BCUT2D eigenvalue weighted by Gasteiger charge is -2.17. The first-order valence-corrected chi connectivity index (χ1v) is 8.35. The number of aliphatic carboxylic acids is 1. The molecule has 0 fully saturated rings. The van der Waals surface area contributed by atoms with Gasteiger partial charge in [0, 0.05) is 19.3 Å². The van der Waals surface area contributed by atoms with Crippen LogP contribution in [-0.2, 0) is 4.79 Å². The zero-order valence-corrected chi connectivity index (χ0v) is 15.6. The van der Waals surface area contributed by atoms with Crippen LogP contribution < -0.4 is 14.4 Å². The quantitative estimate of drug-likeness (QED) is 0.567. The van der Waals surface area contributed by atoms with Crippen LogP contribution in [0.15, 0.2) is 42.5 Å². The molecule has 0 amide bonds. The Balaban J connectivity index is 2.33. The van der Waals surface area contributed by atoms with E-state index in [4.69, 9.17) is 14.7 Å². The van der Waals surface area contributed by atoms with Gasteiger partial charge in [-0.25, -0.2) is 4.79 Å². The minimum atomic E-state index is -1.03. The Kier molecular flexibility index (Phi) is 6.84. The van der Waals surface area contributed by atoms with Crippen LogP contribution in [0.5, 0.6) is 11.5 Å². The third kappa shape index (κ3) is 5.02. The van der Waals surface area contributed by atoms with Crippen molar-refractivity contribution in [1.82, 2.24) is 0 Å². The summed E-state index contributed by atoms with van der Waals surface area (Å²) in [5.74, 6) is -0.0233. The molecule has 0 heterocycles. The van der Waals surface area contributed by atoms with Crippen molar-refractivity contribution in [1.29, 1.82) is 5.26 Å². The number of hydrogen-bond acceptors (Lipinski definition) is 5. The summed E-state index contributed by atoms with van der Waals surface area (Å²) in [6.45, 7) is 0.637. The first-order chi connectivity index (χ1) is 13.0. The molecule has 27 heavy (non-hydrogen) atoms. The summed E-state index contributed by atoms with van der Waals surface area (Å²) in [5.41, 5.74) is 2.40. The average Bonchev–Trinajstić information content (AvgIpc) is 2.69. The van der Waals surface area contributed by atoms with E-state index < -0.39 is 5.97 Å². The Hall–Kier alpha value is -3.46. The van der Waals surface area contributed by atoms with Gasteiger partial charge in [0.2, 0.25) is 0 Å². The zero-order chi connectivity index (χ0) is 19.8. The Morgan fingerprint density at radius 2 is 1.81 bits per heavy atom. The van der Waals surface area contributed by atoms with Gasteiger partial charge in [0.15, 0.2) is 11.5 Å². The molecular weight excluding hydrogens is 344 g/mol. The number of carbonyl (C=O) groups is 1. The van der Waals surface area contributed by atoms with Gasteiger partial charge in [-0.2, -0.15) is 5.26 Å². The average molecular weight is 366 g/mol. The first kappa shape index (κ1) is 19.9. The molecule has 2 aromatic rings. The van der Waals surface area contributed by atoms with Gasteiger partial charge in [0.25, 0.3) is 0 Å². The summed E-state index contributed by atoms with van der Waals surface area (Å²) >= 11 is 0. The van der Waals surface area contributed by atoms with Gasteiger partial charge >= 0.3 is 5.97 Å². The van der Waals surface area contributed by atoms with Gasteiger partial charge in [0.1, 0.15) is 0 Å². The Morgan fingerprint density at radius 3 is 2.37 bits per heavy atom. The lowest BCUT2D eigenvalue weighted by atomic mass is 10.0. The second kappa shape index (κ2) is 9.30. The fourth-order valence-electron chi connectivity index (χ4n) is 2.61. The van der Waals surface area contributed by atoms with Crippen molar-refractivity contribution >= 4 is 23.3 Å². The summed E-state index contributed by atoms with van der Waals surface area (Å²) in [7, 11) is 4.95. The summed E-state index contributed by atoms with van der Waals surface area (Å²) in [6, 6.07) is 14.6. The van der Waals surface area contributed by atoms with E-state index in [1.54, 1.807) is 24.3 Å². The molecule has 0 unspecified atom stereocenters. The Morgan fingerprint density at radius 1 is 1.15 bits per heavy atom. The van der Waals surface area contributed by atoms with E-state index in [2.05, 4.69) is 6.07 Å². The molecule has 2 aromatic carbocycles. The van der Waals surface area contributed by atoms with Gasteiger partial charge in [0.05, 0.1) is 32.3 Å². The fourth-order valence-corrected chi connectivity index (χ4v) is 2.61. The smallest absolute Gasteiger partial charge is 0.336 e. The molecule has 6 nitrogen and oxygen atoms in total. The minimum Gasteiger partial charge on any atom is -0.493 e. The first-order valence-electron chi connectivity index (χ1n) is 8.35. The molecule has 0 aliphatic rings. The van der Waals surface area contributed by atoms with E-state index in [0.29, 0.717) is 30.0 Å². The fraction of sp³-hybridized carbons (Fsp3) is 0.238. The van der Waals surface area contributed by atoms with Gasteiger partial charge in [-0.3, -0.25) is 0 Å². The molecule has 0 saturated heterocycles. The summed E-state index contributed by atoms with van der Waals surface area (Å²) in [6.07, 6.45) is 2.06. The highest BCUT2D eigenvalue weighted by Crippen LogP contribution is 2.31. The third-order valence-electron chi connectivity index (χ3n) is 4.13. The lowest BCUT2D eigenvalue weighted by molar-refractivity contribution is -0.130. The van der Waals surface area contributed by atoms with Crippen LogP contribution in [0.3, 0.4) is 0 Å². The summed E-state index contributed by atoms with van der Waals surface area (Å²) < 4.78 is 10.5. The van der Waals surface area contributed by atoms with Gasteiger partial charge in [-0.15, -0.1) is 0 Å². The number of nitriles is 1. The number of hydrogen-bond donors (Lipinski definition) is 1. The maximum absolute atomic E-state index is 11.8. The van der Waals surface area contributed by atoms with Crippen molar-refractivity contribution in [3.63, 3.8) is 0 Å². The van der Waals surface area contributed by atoms with E-state index >= 15 is 0 Å². The molecular formula is C21H22N2O4. The maximum Gasteiger partial charge on any atom is 0.336 e. The van der Waals surface area contributed by atoms with Gasteiger partial charge < -0.3 is 19.5 Å². The largest absolute Gasteiger partial charge is 0.493 e. The highest BCUT2D eigenvalue weighted by molar-refractivity contribution is 6.20. The van der Waals surface area contributed by atoms with Crippen LogP contribution in [-0.4, -0.2) is 38.9 Å². The molecule has 2 rings (SSSR count). The number of benzene rings is 2. The molecule has 0 spiro atoms. The van der Waals surface area contributed by atoms with Crippen molar-refractivity contribution < 1.29 is 19.4 Å². The molecule has 0 radical (unpaired) electrons. The molecule has 0 aliphatic heterocycles. The molecule has 0 aromatic heterocycles. The van der Waals surface area contributed by atoms with E-state index in [1.165, 1.54) is 14.2 Å². The van der Waals surface area contributed by atoms with Crippen molar-refractivity contribution in [2.45, 2.75) is 6.42 Å². The molecule has 0 aliphatic carbocycles. The van der Waals surface area contributed by atoms with Crippen LogP contribution in [0.25, 0.3) is 11.6 Å². The van der Waals surface area contributed by atoms with Crippen molar-refractivity contribution in [2.24, 2.45) is 0 Å². The topological polar surface area (TPSA) is 82.8 Å². The number of carboxylic acids is 1. The summed E-state index contributed by atoms with van der Waals surface area (Å²) in [5, 5.41) is 18.3. The standard InChI is InChI=1S/C21H22N2O4/c1-23(12-4-11-22)17-8-5-15(6-9-17)13-18(21(24)25)16-7-10-19(26-2)20(14-16)27-3/h5-10,13-14H,4,12H2,1-3H3,(H,24,25)/b18-13-. The predicted molar refractivity (Wildman–Crippen MR) is 105 cm³/mol. The molecule has 0 bridgehead atoms. The Labute approximate surface area is 158 Å². The second-order valence-corrected chi connectivity index (χ2v) is 5.85. The minimum absolute atomic E-state index is 0.154. The van der Waals surface area contributed by atoms with Crippen LogP contribution in [0.2, 0.25) is 0 Å². The predicted octanol–water partition coefficient (Wildman–Crippen LogP) is 3.68. The second-order valence-electron chi connectivity index (χ2n) is 5.85. The van der Waals surface area contributed by atoms with Crippen LogP contribution in [0, 0.1) is 11.3 Å². The zero-order valence-electron chi connectivity index (χ0n) is 15.6. The normalized spacial score (nSPS) is 10.8. The number of carboxylic acid groups (broad SMARTS) is 1. The number of rotatable bonds is 8. The lowest BCUT2D eigenvalue weighted by Crippen LogP contribution is -2.17. The highest BCUT2D eigenvalue weighted by atomic mass is 16.5. The van der Waals surface area contributed by atoms with Crippen molar-refractivity contribution in [3.05, 3.63) is 53.6 Å². The van der Waals surface area contributed by atoms with Crippen molar-refractivity contribution in [2.75, 3.05) is 32.7 Å². The van der Waals surface area contributed by atoms with E-state index in [0.717, 1.165) is 11.3 Å². The molecule has 0 atom stereocenters. The third-order valence-corrected chi connectivity index (χ3v) is 4.13. The molecule has 140 valence electrons. The van der Waals surface area contributed by atoms with E-state index in [1.807, 2.05) is 36.2 Å². The number of methoxy groups -OCH3 is 2. The van der Waals surface area contributed by atoms with Gasteiger partial charge in [-0.05, 0) is 41.5 Å². The van der Waals surface area contributed by atoms with Crippen LogP contribution >= 0.6 is 0 Å². The number of ether oxygens (including phenoxy) is 2. The molecule has 1 N–H and O–H groups in total. The van der Waals surface area contributed by atoms with Crippen LogP contribution in [0.1, 0.15) is 17.5 Å². The van der Waals surface area contributed by atoms with Gasteiger partial charge in [-0.1, -0.05) is 18.2 Å². The number of anilines is 1. The molecule has 0 saturated carbocycles. The van der Waals surface area contributed by atoms with E-state index in [9.17, 15) is 9.90 Å². The maximum atomic E-state index is 11.8. The summed E-state index contributed by atoms with van der Waals surface area (Å²) in [4.78, 5) is 13.7. The number of nitrogens with zero attached hydrogens (tertiary/aromatic N) is 2. The van der Waals surface area contributed by atoms with E-state index in [-0.39, 0.29) is 5.57 Å². The van der Waals surface area contributed by atoms with Crippen LogP contribution in [0.4, 0.5) is 5.69 Å². The SMILES string of the molecule is COc1ccc(/C(=C/c2ccc(N(C)CCC#N)cc2)C(=O)O)cc1OC. The highest BCUT2D eigenvalue weighted by Gasteiger charge is 2.14. The Bertz CT molecular complexity index is 867.